The molecule has 0 saturated carbocycles. The second-order valence-electron chi connectivity index (χ2n) is 12.3. The minimum Gasteiger partial charge on any atom is -0.444 e. The average molecular weight is 692 g/mol. The van der Waals surface area contributed by atoms with Gasteiger partial charge in [-0.15, -0.1) is 22.7 Å². The van der Waals surface area contributed by atoms with Crippen LogP contribution in [0.1, 0.15) is 65.7 Å². The maximum Gasteiger partial charge on any atom is 0.407 e. The molecule has 2 aromatic heterocycles. The number of aliphatic hydroxyl groups is 1. The Balaban J connectivity index is 1.40. The van der Waals surface area contributed by atoms with Crippen molar-refractivity contribution in [3.05, 3.63) is 104 Å². The Hall–Kier alpha value is -4.13. The first-order chi connectivity index (χ1) is 23.2. The van der Waals surface area contributed by atoms with Gasteiger partial charge in [-0.05, 0) is 42.7 Å². The molecule has 3 atom stereocenters. The fourth-order valence-corrected chi connectivity index (χ4v) is 6.66. The number of hydrogen-bond acceptors (Lipinski definition) is 9. The van der Waals surface area contributed by atoms with Crippen LogP contribution >= 0.6 is 22.7 Å². The predicted molar refractivity (Wildman–Crippen MR) is 189 cm³/mol. The van der Waals surface area contributed by atoms with Crippen molar-refractivity contribution in [2.24, 2.45) is 5.92 Å². The standard InChI is InChI=1S/C36H45N5O5S2/c1-25(2)34-38-30(23-47-34)20-41(3)35(44)40-32(21-42)33(43)18-28(16-26-10-6-4-7-11-26)14-15-29(17-27-12-8-5-9-13-27)39-36(45)46-22-31-19-37-24-48-31/h4-13,19,23-25,28-29,32,42H,14-18,20-22H2,1-3H3,(H,39,45)(H,40,44). The molecule has 2 heterocycles. The Morgan fingerprint density at radius 3 is 2.23 bits per heavy atom. The summed E-state index contributed by atoms with van der Waals surface area (Å²) in [5, 5.41) is 18.8. The van der Waals surface area contributed by atoms with E-state index in [1.807, 2.05) is 66.0 Å². The lowest BCUT2D eigenvalue weighted by atomic mass is 9.86. The number of benzene rings is 2. The minimum absolute atomic E-state index is 0.0960. The first-order valence-corrected chi connectivity index (χ1v) is 17.9. The van der Waals surface area contributed by atoms with Crippen LogP contribution in [0.2, 0.25) is 0 Å². The Kier molecular flexibility index (Phi) is 14.5. The molecule has 0 aliphatic carbocycles. The van der Waals surface area contributed by atoms with Crippen LogP contribution in [0.25, 0.3) is 0 Å². The molecule has 0 spiro atoms. The molecule has 0 aliphatic rings. The van der Waals surface area contributed by atoms with Crippen LogP contribution in [0.3, 0.4) is 0 Å². The molecule has 48 heavy (non-hydrogen) atoms. The molecule has 0 radical (unpaired) electrons. The van der Waals surface area contributed by atoms with Crippen molar-refractivity contribution < 1.29 is 24.2 Å². The predicted octanol–water partition coefficient (Wildman–Crippen LogP) is 6.36. The van der Waals surface area contributed by atoms with E-state index in [1.165, 1.54) is 16.2 Å². The second kappa shape index (κ2) is 19.0. The molecular formula is C36H45N5O5S2. The van der Waals surface area contributed by atoms with Crippen LogP contribution in [0, 0.1) is 5.92 Å². The number of nitrogens with one attached hydrogen (secondary N) is 2. The van der Waals surface area contributed by atoms with Gasteiger partial charge < -0.3 is 25.4 Å². The van der Waals surface area contributed by atoms with Gasteiger partial charge in [0.1, 0.15) is 12.6 Å². The number of thiazole rings is 2. The third-order valence-corrected chi connectivity index (χ3v) is 9.88. The van der Waals surface area contributed by atoms with Crippen molar-refractivity contribution in [3.8, 4) is 0 Å². The molecule has 2 aromatic carbocycles. The van der Waals surface area contributed by atoms with Gasteiger partial charge in [0, 0.05) is 37.0 Å². The largest absolute Gasteiger partial charge is 0.444 e. The van der Waals surface area contributed by atoms with E-state index < -0.39 is 24.8 Å². The number of carbonyl (C=O) groups excluding carboxylic acids is 3. The summed E-state index contributed by atoms with van der Waals surface area (Å²) >= 11 is 2.98. The molecule has 256 valence electrons. The number of urea groups is 1. The van der Waals surface area contributed by atoms with Crippen LogP contribution < -0.4 is 10.6 Å². The van der Waals surface area contributed by atoms with Crippen LogP contribution in [0.4, 0.5) is 9.59 Å². The summed E-state index contributed by atoms with van der Waals surface area (Å²) in [4.78, 5) is 50.4. The number of aliphatic hydroxyl groups excluding tert-OH is 1. The number of ether oxygens (including phenoxy) is 1. The SMILES string of the molecule is CC(C)c1nc(CN(C)C(=O)NC(CO)C(=O)CC(CCC(Cc2ccccc2)NC(=O)OCc2cncs2)Cc2ccccc2)cs1. The Labute approximate surface area is 290 Å². The molecule has 10 nitrogen and oxygen atoms in total. The van der Waals surface area contributed by atoms with E-state index in [2.05, 4.69) is 34.4 Å². The lowest BCUT2D eigenvalue weighted by Gasteiger charge is -2.25. The molecule has 12 heteroatoms. The smallest absolute Gasteiger partial charge is 0.407 e. The third-order valence-electron chi connectivity index (χ3n) is 7.93. The van der Waals surface area contributed by atoms with Gasteiger partial charge in [0.05, 0.1) is 34.2 Å². The van der Waals surface area contributed by atoms with Gasteiger partial charge in [0.15, 0.2) is 5.78 Å². The third kappa shape index (κ3) is 12.1. The normalized spacial score (nSPS) is 13.0. The monoisotopic (exact) mass is 691 g/mol. The van der Waals surface area contributed by atoms with Crippen LogP contribution in [0.15, 0.2) is 77.8 Å². The topological polar surface area (TPSA) is 134 Å². The molecule has 3 amide bonds. The number of rotatable bonds is 18. The van der Waals surface area contributed by atoms with Crippen molar-refractivity contribution in [2.45, 2.75) is 77.1 Å². The lowest BCUT2D eigenvalue weighted by Crippen LogP contribution is -2.48. The van der Waals surface area contributed by atoms with Gasteiger partial charge in [-0.25, -0.2) is 14.6 Å². The van der Waals surface area contributed by atoms with Crippen molar-refractivity contribution in [2.75, 3.05) is 13.7 Å². The second-order valence-corrected chi connectivity index (χ2v) is 14.1. The highest BCUT2D eigenvalue weighted by atomic mass is 32.1. The molecule has 0 saturated heterocycles. The number of hydrogen-bond donors (Lipinski definition) is 3. The quantitative estimate of drug-likeness (QED) is 0.111. The zero-order chi connectivity index (χ0) is 34.3. The number of ketones is 1. The molecule has 0 bridgehead atoms. The Morgan fingerprint density at radius 2 is 1.62 bits per heavy atom. The molecule has 3 N–H and O–H groups in total. The lowest BCUT2D eigenvalue weighted by molar-refractivity contribution is -0.122. The highest BCUT2D eigenvalue weighted by Crippen LogP contribution is 2.23. The summed E-state index contributed by atoms with van der Waals surface area (Å²) in [5.74, 6) is -0.0377. The van der Waals surface area contributed by atoms with Gasteiger partial charge in [0.25, 0.3) is 0 Å². The summed E-state index contributed by atoms with van der Waals surface area (Å²) in [6.45, 7) is 4.07. The van der Waals surface area contributed by atoms with Gasteiger partial charge in [0.2, 0.25) is 0 Å². The molecule has 4 aromatic rings. The zero-order valence-electron chi connectivity index (χ0n) is 27.7. The first kappa shape index (κ1) is 36.7. The van der Waals surface area contributed by atoms with E-state index in [9.17, 15) is 19.5 Å². The highest BCUT2D eigenvalue weighted by Gasteiger charge is 2.26. The number of nitrogens with zero attached hydrogens (tertiary/aromatic N) is 3. The van der Waals surface area contributed by atoms with E-state index in [0.717, 1.165) is 26.7 Å². The summed E-state index contributed by atoms with van der Waals surface area (Å²) in [6.07, 6.45) is 3.78. The van der Waals surface area contributed by atoms with Crippen LogP contribution in [0.5, 0.6) is 0 Å². The van der Waals surface area contributed by atoms with Gasteiger partial charge in [-0.3, -0.25) is 9.78 Å². The Morgan fingerprint density at radius 1 is 0.938 bits per heavy atom. The summed E-state index contributed by atoms with van der Waals surface area (Å²) in [5.41, 5.74) is 4.63. The van der Waals surface area contributed by atoms with Crippen LogP contribution in [-0.4, -0.2) is 63.6 Å². The van der Waals surface area contributed by atoms with E-state index >= 15 is 0 Å². The number of amides is 3. The summed E-state index contributed by atoms with van der Waals surface area (Å²) in [7, 11) is 1.64. The van der Waals surface area contributed by atoms with Crippen molar-refractivity contribution in [1.82, 2.24) is 25.5 Å². The highest BCUT2D eigenvalue weighted by molar-refractivity contribution is 7.09. The molecule has 4 rings (SSSR count). The van der Waals surface area contributed by atoms with E-state index in [4.69, 9.17) is 4.74 Å². The maximum absolute atomic E-state index is 13.6. The number of carbonyl (C=O) groups is 3. The number of Topliss-reactive ketones (excluding diaryl/α,β-unsaturated/α-hetero) is 1. The first-order valence-electron chi connectivity index (χ1n) is 16.2. The minimum atomic E-state index is -1.04. The average Bonchev–Trinajstić information content (AvgIpc) is 3.79. The van der Waals surface area contributed by atoms with Crippen LogP contribution in [-0.2, 0) is 35.5 Å². The molecule has 0 aliphatic heterocycles. The van der Waals surface area contributed by atoms with Crippen molar-refractivity contribution >= 4 is 40.6 Å². The number of aromatic nitrogens is 2. The van der Waals surface area contributed by atoms with Crippen molar-refractivity contribution in [1.29, 1.82) is 0 Å². The van der Waals surface area contributed by atoms with E-state index in [1.54, 1.807) is 30.1 Å². The maximum atomic E-state index is 13.6. The fourth-order valence-electron chi connectivity index (χ4n) is 5.33. The molecule has 3 unspecified atom stereocenters. The van der Waals surface area contributed by atoms with E-state index in [-0.39, 0.29) is 30.8 Å². The Bertz CT molecular complexity index is 1550. The zero-order valence-corrected chi connectivity index (χ0v) is 29.3. The van der Waals surface area contributed by atoms with Gasteiger partial charge in [-0.1, -0.05) is 74.5 Å². The fraction of sp³-hybridized carbons (Fsp3) is 0.417. The molecular weight excluding hydrogens is 647 g/mol. The summed E-state index contributed by atoms with van der Waals surface area (Å²) in [6, 6.07) is 18.1. The van der Waals surface area contributed by atoms with E-state index in [0.29, 0.717) is 38.1 Å². The van der Waals surface area contributed by atoms with Gasteiger partial charge in [-0.2, -0.15) is 0 Å². The summed E-state index contributed by atoms with van der Waals surface area (Å²) < 4.78 is 5.46. The van der Waals surface area contributed by atoms with Crippen molar-refractivity contribution in [3.63, 3.8) is 0 Å². The number of alkyl carbamates (subject to hydrolysis) is 1. The molecule has 0 fully saturated rings. The van der Waals surface area contributed by atoms with Gasteiger partial charge >= 0.3 is 12.1 Å².